The van der Waals surface area contributed by atoms with Gasteiger partial charge in [0.1, 0.15) is 11.5 Å². The highest BCUT2D eigenvalue weighted by Gasteiger charge is 2.10. The van der Waals surface area contributed by atoms with Crippen LogP contribution in [0.25, 0.3) is 11.1 Å². The van der Waals surface area contributed by atoms with E-state index in [1.54, 1.807) is 13.4 Å². The van der Waals surface area contributed by atoms with Gasteiger partial charge in [-0.15, -0.1) is 0 Å². The number of rotatable bonds is 4. The van der Waals surface area contributed by atoms with Crippen molar-refractivity contribution in [3.05, 3.63) is 41.3 Å². The molecule has 0 atom stereocenters. The van der Waals surface area contributed by atoms with E-state index in [1.807, 2.05) is 31.3 Å². The van der Waals surface area contributed by atoms with Crippen molar-refractivity contribution in [2.75, 3.05) is 14.2 Å². The fourth-order valence-electron chi connectivity index (χ4n) is 1.72. The van der Waals surface area contributed by atoms with Crippen LogP contribution in [0, 0.1) is 0 Å². The van der Waals surface area contributed by atoms with E-state index in [2.05, 4.69) is 5.32 Å². The van der Waals surface area contributed by atoms with Crippen LogP contribution in [0.3, 0.4) is 0 Å². The molecule has 1 aromatic carbocycles. The summed E-state index contributed by atoms with van der Waals surface area (Å²) in [6.07, 6.45) is 1.68. The van der Waals surface area contributed by atoms with Crippen LogP contribution in [0.4, 0.5) is 0 Å². The Hall–Kier alpha value is -1.45. The molecule has 0 aliphatic carbocycles. The summed E-state index contributed by atoms with van der Waals surface area (Å²) in [5.74, 6) is 1.57. The van der Waals surface area contributed by atoms with E-state index in [-0.39, 0.29) is 0 Å². The number of hydrogen-bond acceptors (Lipinski definition) is 3. The first-order chi connectivity index (χ1) is 8.26. The van der Waals surface area contributed by atoms with Crippen LogP contribution in [0.5, 0.6) is 5.75 Å². The van der Waals surface area contributed by atoms with E-state index in [1.165, 1.54) is 0 Å². The van der Waals surface area contributed by atoms with Crippen molar-refractivity contribution >= 4 is 11.6 Å². The lowest BCUT2D eigenvalue weighted by Gasteiger charge is -2.06. The van der Waals surface area contributed by atoms with Gasteiger partial charge in [-0.1, -0.05) is 17.7 Å². The predicted octanol–water partition coefficient (Wildman–Crippen LogP) is 3.33. The molecule has 0 fully saturated rings. The van der Waals surface area contributed by atoms with Crippen molar-refractivity contribution in [2.24, 2.45) is 0 Å². The van der Waals surface area contributed by atoms with Crippen LogP contribution >= 0.6 is 11.6 Å². The Bertz CT molecular complexity index is 508. The monoisotopic (exact) mass is 251 g/mol. The minimum atomic E-state index is 0.606. The first kappa shape index (κ1) is 12.0. The van der Waals surface area contributed by atoms with Crippen LogP contribution < -0.4 is 10.1 Å². The topological polar surface area (TPSA) is 34.4 Å². The third-order valence-corrected chi connectivity index (χ3v) is 2.86. The Morgan fingerprint density at radius 1 is 1.35 bits per heavy atom. The van der Waals surface area contributed by atoms with Crippen LogP contribution in [0.15, 0.2) is 34.9 Å². The maximum atomic E-state index is 6.00. The molecule has 3 nitrogen and oxygen atoms in total. The first-order valence-electron chi connectivity index (χ1n) is 5.31. The number of halogens is 1. The van der Waals surface area contributed by atoms with Crippen molar-refractivity contribution in [1.82, 2.24) is 5.32 Å². The van der Waals surface area contributed by atoms with Gasteiger partial charge in [0, 0.05) is 5.56 Å². The second-order valence-corrected chi connectivity index (χ2v) is 4.04. The van der Waals surface area contributed by atoms with E-state index in [0.29, 0.717) is 17.3 Å². The molecule has 0 unspecified atom stereocenters. The molecule has 1 aromatic heterocycles. The number of ether oxygens (including phenoxy) is 1. The summed E-state index contributed by atoms with van der Waals surface area (Å²) in [6.45, 7) is 0.688. The van der Waals surface area contributed by atoms with Gasteiger partial charge in [0.15, 0.2) is 0 Å². The molecular formula is C13H14ClNO2. The number of nitrogens with one attached hydrogen (secondary N) is 1. The molecule has 2 rings (SSSR count). The molecular weight excluding hydrogens is 238 g/mol. The van der Waals surface area contributed by atoms with Crippen LogP contribution in [0.2, 0.25) is 5.02 Å². The van der Waals surface area contributed by atoms with E-state index < -0.39 is 0 Å². The summed E-state index contributed by atoms with van der Waals surface area (Å²) in [5, 5.41) is 3.68. The van der Waals surface area contributed by atoms with Gasteiger partial charge in [-0.05, 0) is 30.8 Å². The molecule has 90 valence electrons. The fraction of sp³-hybridized carbons (Fsp3) is 0.231. The van der Waals surface area contributed by atoms with E-state index in [0.717, 1.165) is 16.9 Å². The molecule has 2 aromatic rings. The number of methoxy groups -OCH3 is 1. The van der Waals surface area contributed by atoms with Gasteiger partial charge >= 0.3 is 0 Å². The summed E-state index contributed by atoms with van der Waals surface area (Å²) in [6, 6.07) is 7.63. The quantitative estimate of drug-likeness (QED) is 0.905. The number of benzene rings is 1. The van der Waals surface area contributed by atoms with Crippen molar-refractivity contribution in [1.29, 1.82) is 0 Å². The SMILES string of the molecule is CNCc1occc1-c1ccc(Cl)c(OC)c1. The van der Waals surface area contributed by atoms with E-state index >= 15 is 0 Å². The summed E-state index contributed by atoms with van der Waals surface area (Å²) < 4.78 is 10.6. The molecule has 0 spiro atoms. The molecule has 0 saturated heterocycles. The average molecular weight is 252 g/mol. The molecule has 17 heavy (non-hydrogen) atoms. The lowest BCUT2D eigenvalue weighted by Crippen LogP contribution is -2.04. The molecule has 1 N–H and O–H groups in total. The standard InChI is InChI=1S/C13H14ClNO2/c1-15-8-13-10(5-6-17-13)9-3-4-11(14)12(7-9)16-2/h3-7,15H,8H2,1-2H3. The Labute approximate surface area is 105 Å². The molecule has 0 saturated carbocycles. The zero-order chi connectivity index (χ0) is 12.3. The van der Waals surface area contributed by atoms with Gasteiger partial charge in [-0.2, -0.15) is 0 Å². The molecule has 1 heterocycles. The third-order valence-electron chi connectivity index (χ3n) is 2.54. The molecule has 0 bridgehead atoms. The smallest absolute Gasteiger partial charge is 0.138 e. The van der Waals surface area contributed by atoms with Gasteiger partial charge in [0.05, 0.1) is 24.9 Å². The molecule has 0 amide bonds. The van der Waals surface area contributed by atoms with E-state index in [4.69, 9.17) is 20.8 Å². The minimum Gasteiger partial charge on any atom is -0.495 e. The lowest BCUT2D eigenvalue weighted by atomic mass is 10.1. The fourth-order valence-corrected chi connectivity index (χ4v) is 1.92. The number of hydrogen-bond donors (Lipinski definition) is 1. The largest absolute Gasteiger partial charge is 0.495 e. The normalized spacial score (nSPS) is 10.5. The zero-order valence-corrected chi connectivity index (χ0v) is 10.5. The third kappa shape index (κ3) is 2.46. The molecule has 0 aliphatic rings. The Morgan fingerprint density at radius 2 is 2.18 bits per heavy atom. The van der Waals surface area contributed by atoms with Crippen molar-refractivity contribution in [3.8, 4) is 16.9 Å². The van der Waals surface area contributed by atoms with Gasteiger partial charge in [0.25, 0.3) is 0 Å². The summed E-state index contributed by atoms with van der Waals surface area (Å²) >= 11 is 6.00. The molecule has 0 aliphatic heterocycles. The first-order valence-corrected chi connectivity index (χ1v) is 5.69. The van der Waals surface area contributed by atoms with Gasteiger partial charge in [-0.3, -0.25) is 0 Å². The lowest BCUT2D eigenvalue weighted by molar-refractivity contribution is 0.415. The highest BCUT2D eigenvalue weighted by molar-refractivity contribution is 6.32. The Balaban J connectivity index is 2.42. The van der Waals surface area contributed by atoms with Gasteiger partial charge in [-0.25, -0.2) is 0 Å². The summed E-state index contributed by atoms with van der Waals surface area (Å²) in [5.41, 5.74) is 2.08. The van der Waals surface area contributed by atoms with Gasteiger partial charge in [0.2, 0.25) is 0 Å². The Morgan fingerprint density at radius 3 is 2.88 bits per heavy atom. The van der Waals surface area contributed by atoms with Crippen LogP contribution in [-0.2, 0) is 6.54 Å². The second-order valence-electron chi connectivity index (χ2n) is 3.64. The zero-order valence-electron chi connectivity index (χ0n) is 9.79. The summed E-state index contributed by atoms with van der Waals surface area (Å²) in [4.78, 5) is 0. The highest BCUT2D eigenvalue weighted by Crippen LogP contribution is 2.32. The molecule has 0 radical (unpaired) electrons. The van der Waals surface area contributed by atoms with Crippen molar-refractivity contribution in [3.63, 3.8) is 0 Å². The minimum absolute atomic E-state index is 0.606. The van der Waals surface area contributed by atoms with Crippen molar-refractivity contribution in [2.45, 2.75) is 6.54 Å². The maximum Gasteiger partial charge on any atom is 0.138 e. The number of furan rings is 1. The summed E-state index contributed by atoms with van der Waals surface area (Å²) in [7, 11) is 3.49. The van der Waals surface area contributed by atoms with Crippen LogP contribution in [0.1, 0.15) is 5.76 Å². The molecule has 4 heteroatoms. The van der Waals surface area contributed by atoms with Crippen molar-refractivity contribution < 1.29 is 9.15 Å². The van der Waals surface area contributed by atoms with Crippen LogP contribution in [-0.4, -0.2) is 14.2 Å². The maximum absolute atomic E-state index is 6.00. The average Bonchev–Trinajstić information content (AvgIpc) is 2.78. The highest BCUT2D eigenvalue weighted by atomic mass is 35.5. The second kappa shape index (κ2) is 5.25. The predicted molar refractivity (Wildman–Crippen MR) is 68.5 cm³/mol. The Kier molecular flexibility index (Phi) is 3.71. The van der Waals surface area contributed by atoms with Gasteiger partial charge < -0.3 is 14.5 Å². The van der Waals surface area contributed by atoms with E-state index in [9.17, 15) is 0 Å².